The van der Waals surface area contributed by atoms with Crippen molar-refractivity contribution in [1.29, 1.82) is 0 Å². The number of thiol groups is 1. The number of nitrogens with zero attached hydrogens (tertiary/aromatic N) is 2. The molecule has 1 aromatic heterocycles. The zero-order valence-corrected chi connectivity index (χ0v) is 10.8. The Labute approximate surface area is 111 Å². The molecule has 1 heterocycles. The lowest BCUT2D eigenvalue weighted by Gasteiger charge is -2.11. The van der Waals surface area contributed by atoms with Crippen molar-refractivity contribution in [2.75, 3.05) is 18.6 Å². The van der Waals surface area contributed by atoms with Crippen LogP contribution in [0, 0.1) is 0 Å². The summed E-state index contributed by atoms with van der Waals surface area (Å²) in [5.41, 5.74) is 13.4. The van der Waals surface area contributed by atoms with Gasteiger partial charge in [-0.05, 0) is 11.6 Å². The van der Waals surface area contributed by atoms with E-state index < -0.39 is 0 Å². The first kappa shape index (κ1) is 12.5. The molecule has 6 heteroatoms. The molecular formula is C12H14N4OS. The van der Waals surface area contributed by atoms with Crippen LogP contribution in [0.25, 0.3) is 0 Å². The molecule has 0 spiro atoms. The number of nitrogens with two attached hydrogens (primary N) is 2. The van der Waals surface area contributed by atoms with Gasteiger partial charge < -0.3 is 16.2 Å². The molecule has 0 radical (unpaired) electrons. The van der Waals surface area contributed by atoms with Gasteiger partial charge in [0.05, 0.1) is 7.11 Å². The Morgan fingerprint density at radius 2 is 1.78 bits per heavy atom. The predicted octanol–water partition coefficient (Wildman–Crippen LogP) is 1.53. The Kier molecular flexibility index (Phi) is 3.57. The van der Waals surface area contributed by atoms with Crippen molar-refractivity contribution in [2.45, 2.75) is 11.6 Å². The molecule has 2 rings (SSSR count). The Balaban J connectivity index is 2.40. The molecule has 0 saturated heterocycles. The molecule has 18 heavy (non-hydrogen) atoms. The number of anilines is 2. The quantitative estimate of drug-likeness (QED) is 0.577. The molecule has 4 N–H and O–H groups in total. The third-order valence-corrected chi connectivity index (χ3v) is 2.82. The van der Waals surface area contributed by atoms with Crippen molar-refractivity contribution in [1.82, 2.24) is 9.97 Å². The number of ether oxygens (including phenoxy) is 1. The summed E-state index contributed by atoms with van der Waals surface area (Å²) in [4.78, 5) is 7.99. The fraction of sp³-hybridized carbons (Fsp3) is 0.167. The highest BCUT2D eigenvalue weighted by Gasteiger charge is 2.11. The molecule has 94 valence electrons. The van der Waals surface area contributed by atoms with Crippen LogP contribution in [0.2, 0.25) is 0 Å². The summed E-state index contributed by atoms with van der Waals surface area (Å²) in [5, 5.41) is 0.272. The fourth-order valence-electron chi connectivity index (χ4n) is 1.73. The molecule has 1 aromatic carbocycles. The lowest BCUT2D eigenvalue weighted by molar-refractivity contribution is 0.410. The standard InChI is InChI=1S/C12H14N4OS/c1-17-9-5-3-2-4-7(9)6-8-10(13)15-12(18)16-11(8)14/h2-5H,6H2,1H3,(H5,13,14,15,16,18). The monoisotopic (exact) mass is 262 g/mol. The Bertz CT molecular complexity index is 551. The van der Waals surface area contributed by atoms with Crippen molar-refractivity contribution < 1.29 is 4.74 Å². The van der Waals surface area contributed by atoms with Gasteiger partial charge in [0.1, 0.15) is 17.4 Å². The van der Waals surface area contributed by atoms with Crippen LogP contribution in [0.1, 0.15) is 11.1 Å². The van der Waals surface area contributed by atoms with Crippen LogP contribution >= 0.6 is 12.6 Å². The molecule has 2 aromatic rings. The minimum Gasteiger partial charge on any atom is -0.496 e. The molecule has 0 unspecified atom stereocenters. The van der Waals surface area contributed by atoms with Gasteiger partial charge in [-0.3, -0.25) is 0 Å². The first-order valence-corrected chi connectivity index (χ1v) is 5.79. The highest BCUT2D eigenvalue weighted by atomic mass is 32.1. The van der Waals surface area contributed by atoms with E-state index in [2.05, 4.69) is 22.6 Å². The third-order valence-electron chi connectivity index (χ3n) is 2.62. The molecule has 0 fully saturated rings. The first-order chi connectivity index (χ1) is 8.61. The summed E-state index contributed by atoms with van der Waals surface area (Å²) in [6, 6.07) is 7.67. The highest BCUT2D eigenvalue weighted by Crippen LogP contribution is 2.26. The third kappa shape index (κ3) is 2.48. The van der Waals surface area contributed by atoms with Crippen LogP contribution in [0.3, 0.4) is 0 Å². The average molecular weight is 262 g/mol. The second-order valence-corrected chi connectivity index (χ2v) is 4.16. The van der Waals surface area contributed by atoms with Crippen molar-refractivity contribution in [3.8, 4) is 5.75 Å². The molecule has 5 nitrogen and oxygen atoms in total. The van der Waals surface area contributed by atoms with Crippen molar-refractivity contribution in [3.63, 3.8) is 0 Å². The van der Waals surface area contributed by atoms with Crippen LogP contribution in [0.4, 0.5) is 11.6 Å². The van der Waals surface area contributed by atoms with E-state index in [1.165, 1.54) is 0 Å². The molecular weight excluding hydrogens is 248 g/mol. The second-order valence-electron chi connectivity index (χ2n) is 3.76. The van der Waals surface area contributed by atoms with Gasteiger partial charge in [0.15, 0.2) is 5.16 Å². The largest absolute Gasteiger partial charge is 0.496 e. The maximum atomic E-state index is 5.84. The summed E-state index contributed by atoms with van der Waals surface area (Å²) < 4.78 is 5.28. The van der Waals surface area contributed by atoms with Gasteiger partial charge in [-0.1, -0.05) is 18.2 Å². The molecule has 0 aliphatic carbocycles. The number of hydrogen-bond acceptors (Lipinski definition) is 6. The van der Waals surface area contributed by atoms with Crippen LogP contribution in [-0.2, 0) is 6.42 Å². The van der Waals surface area contributed by atoms with E-state index in [4.69, 9.17) is 16.2 Å². The van der Waals surface area contributed by atoms with E-state index in [-0.39, 0.29) is 5.16 Å². The van der Waals surface area contributed by atoms with E-state index in [1.807, 2.05) is 24.3 Å². The lowest BCUT2D eigenvalue weighted by atomic mass is 10.1. The average Bonchev–Trinajstić information content (AvgIpc) is 2.34. The van der Waals surface area contributed by atoms with E-state index in [1.54, 1.807) is 7.11 Å². The topological polar surface area (TPSA) is 87.0 Å². The Morgan fingerprint density at radius 3 is 2.39 bits per heavy atom. The van der Waals surface area contributed by atoms with Gasteiger partial charge in [0, 0.05) is 12.0 Å². The summed E-state index contributed by atoms with van der Waals surface area (Å²) in [7, 11) is 1.62. The zero-order chi connectivity index (χ0) is 13.1. The smallest absolute Gasteiger partial charge is 0.188 e. The Hall–Kier alpha value is -1.95. The number of aromatic nitrogens is 2. The molecule has 0 amide bonds. The summed E-state index contributed by atoms with van der Waals surface area (Å²) in [6.07, 6.45) is 0.524. The number of rotatable bonds is 3. The maximum Gasteiger partial charge on any atom is 0.188 e. The first-order valence-electron chi connectivity index (χ1n) is 5.34. The van der Waals surface area contributed by atoms with E-state index in [0.717, 1.165) is 11.3 Å². The number of benzene rings is 1. The summed E-state index contributed by atoms with van der Waals surface area (Å²) >= 11 is 4.03. The number of methoxy groups -OCH3 is 1. The van der Waals surface area contributed by atoms with Gasteiger partial charge in [0.2, 0.25) is 0 Å². The van der Waals surface area contributed by atoms with Gasteiger partial charge in [-0.2, -0.15) is 0 Å². The summed E-state index contributed by atoms with van der Waals surface area (Å²) in [6.45, 7) is 0. The van der Waals surface area contributed by atoms with Crippen molar-refractivity contribution in [3.05, 3.63) is 35.4 Å². The number of nitrogen functional groups attached to an aromatic ring is 2. The molecule has 0 aliphatic heterocycles. The van der Waals surface area contributed by atoms with E-state index >= 15 is 0 Å². The van der Waals surface area contributed by atoms with Gasteiger partial charge in [-0.15, -0.1) is 12.6 Å². The zero-order valence-electron chi connectivity index (χ0n) is 9.92. The minimum absolute atomic E-state index is 0.272. The van der Waals surface area contributed by atoms with E-state index in [9.17, 15) is 0 Å². The van der Waals surface area contributed by atoms with Gasteiger partial charge in [0.25, 0.3) is 0 Å². The molecule has 0 atom stereocenters. The SMILES string of the molecule is COc1ccccc1Cc1c(N)nc(S)nc1N. The van der Waals surface area contributed by atoms with Crippen LogP contribution < -0.4 is 16.2 Å². The number of hydrogen-bond donors (Lipinski definition) is 3. The summed E-state index contributed by atoms with van der Waals surface area (Å²) in [5.74, 6) is 1.48. The molecule has 0 aliphatic rings. The molecule has 0 bridgehead atoms. The lowest BCUT2D eigenvalue weighted by Crippen LogP contribution is -2.07. The highest BCUT2D eigenvalue weighted by molar-refractivity contribution is 7.80. The maximum absolute atomic E-state index is 5.84. The minimum atomic E-state index is 0.272. The van der Waals surface area contributed by atoms with E-state index in [0.29, 0.717) is 23.6 Å². The van der Waals surface area contributed by atoms with Crippen LogP contribution in [0.15, 0.2) is 29.4 Å². The van der Waals surface area contributed by atoms with Crippen LogP contribution in [0.5, 0.6) is 5.75 Å². The number of para-hydroxylation sites is 1. The molecule has 0 saturated carbocycles. The van der Waals surface area contributed by atoms with Crippen molar-refractivity contribution in [2.24, 2.45) is 0 Å². The van der Waals surface area contributed by atoms with Crippen molar-refractivity contribution >= 4 is 24.3 Å². The second kappa shape index (κ2) is 5.14. The van der Waals surface area contributed by atoms with Crippen LogP contribution in [-0.4, -0.2) is 17.1 Å². The van der Waals surface area contributed by atoms with Gasteiger partial charge >= 0.3 is 0 Å². The normalized spacial score (nSPS) is 10.3. The van der Waals surface area contributed by atoms with Gasteiger partial charge in [-0.25, -0.2) is 9.97 Å². The predicted molar refractivity (Wildman–Crippen MR) is 73.9 cm³/mol. The Morgan fingerprint density at radius 1 is 1.17 bits per heavy atom. The fourth-order valence-corrected chi connectivity index (χ4v) is 1.94.